The molecule has 1 saturated heterocycles. The molecule has 1 heterocycles. The third-order valence-corrected chi connectivity index (χ3v) is 3.81. The van der Waals surface area contributed by atoms with E-state index in [4.69, 9.17) is 11.6 Å². The molecule has 20 heavy (non-hydrogen) atoms. The van der Waals surface area contributed by atoms with E-state index >= 15 is 0 Å². The highest BCUT2D eigenvalue weighted by Crippen LogP contribution is 2.23. The van der Waals surface area contributed by atoms with Gasteiger partial charge in [0.1, 0.15) is 6.04 Å². The summed E-state index contributed by atoms with van der Waals surface area (Å²) in [5.74, 6) is -0.215. The molecule has 1 aromatic carbocycles. The molecule has 0 radical (unpaired) electrons. The highest BCUT2D eigenvalue weighted by Gasteiger charge is 2.34. The topological polar surface area (TPSA) is 58.6 Å². The van der Waals surface area contributed by atoms with Crippen LogP contribution in [0, 0.1) is 6.92 Å². The molecule has 0 bridgehead atoms. The van der Waals surface area contributed by atoms with Crippen molar-refractivity contribution in [2.45, 2.75) is 25.8 Å². The van der Waals surface area contributed by atoms with Gasteiger partial charge in [-0.05, 0) is 37.5 Å². The smallest absolute Gasteiger partial charge is 0.410 e. The van der Waals surface area contributed by atoms with Gasteiger partial charge < -0.3 is 10.1 Å². The number of hydrogen-bond donors (Lipinski definition) is 1. The van der Waals surface area contributed by atoms with Crippen LogP contribution in [0.3, 0.4) is 0 Å². The summed E-state index contributed by atoms with van der Waals surface area (Å²) in [6, 6.07) is 4.84. The molecule has 2 rings (SSSR count). The van der Waals surface area contributed by atoms with Gasteiger partial charge in [0, 0.05) is 17.3 Å². The largest absolute Gasteiger partial charge is 0.453 e. The number of ether oxygens (including phenoxy) is 1. The summed E-state index contributed by atoms with van der Waals surface area (Å²) < 4.78 is 4.69. The van der Waals surface area contributed by atoms with Crippen molar-refractivity contribution in [3.63, 3.8) is 0 Å². The van der Waals surface area contributed by atoms with E-state index in [-0.39, 0.29) is 5.91 Å². The fourth-order valence-corrected chi connectivity index (χ4v) is 2.45. The number of carbonyl (C=O) groups excluding carboxylic acids is 2. The number of nitrogens with one attached hydrogen (secondary N) is 1. The van der Waals surface area contributed by atoms with Crippen LogP contribution in [0.5, 0.6) is 0 Å². The normalized spacial score (nSPS) is 17.9. The van der Waals surface area contributed by atoms with Crippen molar-refractivity contribution < 1.29 is 14.3 Å². The molecular formula is C14H17ClN2O3. The molecule has 0 aliphatic carbocycles. The molecule has 0 spiro atoms. The lowest BCUT2D eigenvalue weighted by molar-refractivity contribution is -0.119. The maximum atomic E-state index is 12.2. The predicted octanol–water partition coefficient (Wildman–Crippen LogP) is 2.82. The van der Waals surface area contributed by atoms with Gasteiger partial charge in [-0.1, -0.05) is 17.7 Å². The van der Waals surface area contributed by atoms with Crippen molar-refractivity contribution in [1.29, 1.82) is 0 Å². The maximum Gasteiger partial charge on any atom is 0.410 e. The first-order valence-corrected chi connectivity index (χ1v) is 6.82. The number of methoxy groups -OCH3 is 1. The molecule has 1 unspecified atom stereocenters. The Morgan fingerprint density at radius 2 is 2.20 bits per heavy atom. The third kappa shape index (κ3) is 3.04. The molecule has 0 saturated carbocycles. The first-order valence-electron chi connectivity index (χ1n) is 6.44. The fraction of sp³-hybridized carbons (Fsp3) is 0.429. The minimum absolute atomic E-state index is 0.215. The molecular weight excluding hydrogens is 280 g/mol. The van der Waals surface area contributed by atoms with Gasteiger partial charge in [-0.25, -0.2) is 4.79 Å². The second-order valence-electron chi connectivity index (χ2n) is 4.77. The zero-order chi connectivity index (χ0) is 14.7. The van der Waals surface area contributed by atoms with E-state index in [9.17, 15) is 9.59 Å². The van der Waals surface area contributed by atoms with Gasteiger partial charge in [-0.3, -0.25) is 9.69 Å². The molecule has 1 aromatic rings. The van der Waals surface area contributed by atoms with Crippen LogP contribution in [0.4, 0.5) is 10.5 Å². The van der Waals surface area contributed by atoms with E-state index in [1.807, 2.05) is 13.0 Å². The number of aryl methyl sites for hydroxylation is 1. The summed E-state index contributed by atoms with van der Waals surface area (Å²) >= 11 is 6.02. The summed E-state index contributed by atoms with van der Waals surface area (Å²) in [4.78, 5) is 25.3. The zero-order valence-corrected chi connectivity index (χ0v) is 12.2. The van der Waals surface area contributed by atoms with Crippen molar-refractivity contribution >= 4 is 29.3 Å². The molecule has 5 nitrogen and oxygen atoms in total. The average molecular weight is 297 g/mol. The Morgan fingerprint density at radius 3 is 2.85 bits per heavy atom. The van der Waals surface area contributed by atoms with Gasteiger partial charge in [-0.2, -0.15) is 0 Å². The van der Waals surface area contributed by atoms with Crippen LogP contribution in [0.2, 0.25) is 5.02 Å². The van der Waals surface area contributed by atoms with Crippen molar-refractivity contribution in [3.8, 4) is 0 Å². The number of likely N-dealkylation sites (tertiary alicyclic amines) is 1. The Morgan fingerprint density at radius 1 is 1.45 bits per heavy atom. The van der Waals surface area contributed by atoms with Crippen LogP contribution >= 0.6 is 11.6 Å². The Bertz CT molecular complexity index is 533. The van der Waals surface area contributed by atoms with E-state index < -0.39 is 12.1 Å². The first-order chi connectivity index (χ1) is 9.52. The van der Waals surface area contributed by atoms with Gasteiger partial charge in [0.05, 0.1) is 7.11 Å². The Labute approximate surface area is 122 Å². The molecule has 1 fully saturated rings. The number of amides is 2. The zero-order valence-electron chi connectivity index (χ0n) is 11.5. The van der Waals surface area contributed by atoms with E-state index in [2.05, 4.69) is 10.1 Å². The van der Waals surface area contributed by atoms with Crippen LogP contribution < -0.4 is 5.32 Å². The molecule has 1 atom stereocenters. The van der Waals surface area contributed by atoms with Gasteiger partial charge in [0.15, 0.2) is 0 Å². The number of rotatable bonds is 2. The standard InChI is InChI=1S/C14H17ClN2O3/c1-9-5-6-10(8-11(9)15)16-13(18)12-4-3-7-17(12)14(19)20-2/h5-6,8,12H,3-4,7H2,1-2H3,(H,16,18). The highest BCUT2D eigenvalue weighted by molar-refractivity contribution is 6.31. The minimum Gasteiger partial charge on any atom is -0.453 e. The number of anilines is 1. The number of hydrogen-bond acceptors (Lipinski definition) is 3. The maximum absolute atomic E-state index is 12.2. The second kappa shape index (κ2) is 6.13. The average Bonchev–Trinajstić information content (AvgIpc) is 2.91. The summed E-state index contributed by atoms with van der Waals surface area (Å²) in [7, 11) is 1.31. The number of nitrogens with zero attached hydrogens (tertiary/aromatic N) is 1. The Balaban J connectivity index is 2.07. The van der Waals surface area contributed by atoms with E-state index in [0.29, 0.717) is 23.7 Å². The lowest BCUT2D eigenvalue weighted by Crippen LogP contribution is -2.43. The molecule has 108 valence electrons. The van der Waals surface area contributed by atoms with Crippen molar-refractivity contribution in [1.82, 2.24) is 4.90 Å². The van der Waals surface area contributed by atoms with Crippen molar-refractivity contribution in [2.24, 2.45) is 0 Å². The molecule has 1 aliphatic heterocycles. The third-order valence-electron chi connectivity index (χ3n) is 3.40. The van der Waals surface area contributed by atoms with Crippen LogP contribution in [-0.2, 0) is 9.53 Å². The summed E-state index contributed by atoms with van der Waals surface area (Å²) in [5.41, 5.74) is 1.57. The lowest BCUT2D eigenvalue weighted by Gasteiger charge is -2.22. The Hall–Kier alpha value is -1.75. The quantitative estimate of drug-likeness (QED) is 0.913. The van der Waals surface area contributed by atoms with Gasteiger partial charge in [0.2, 0.25) is 5.91 Å². The summed E-state index contributed by atoms with van der Waals surface area (Å²) in [5, 5.41) is 3.38. The first kappa shape index (κ1) is 14.7. The van der Waals surface area contributed by atoms with E-state index in [1.54, 1.807) is 12.1 Å². The lowest BCUT2D eigenvalue weighted by atomic mass is 10.2. The fourth-order valence-electron chi connectivity index (χ4n) is 2.27. The predicted molar refractivity (Wildman–Crippen MR) is 77.0 cm³/mol. The van der Waals surface area contributed by atoms with E-state index in [1.165, 1.54) is 12.0 Å². The highest BCUT2D eigenvalue weighted by atomic mass is 35.5. The van der Waals surface area contributed by atoms with Crippen molar-refractivity contribution in [2.75, 3.05) is 19.0 Å². The monoisotopic (exact) mass is 296 g/mol. The second-order valence-corrected chi connectivity index (χ2v) is 5.18. The van der Waals surface area contributed by atoms with Crippen LogP contribution in [0.25, 0.3) is 0 Å². The van der Waals surface area contributed by atoms with Crippen LogP contribution in [0.1, 0.15) is 18.4 Å². The van der Waals surface area contributed by atoms with Gasteiger partial charge >= 0.3 is 6.09 Å². The number of benzene rings is 1. The van der Waals surface area contributed by atoms with Crippen LogP contribution in [0.15, 0.2) is 18.2 Å². The number of carbonyl (C=O) groups is 2. The molecule has 1 aliphatic rings. The SMILES string of the molecule is COC(=O)N1CCCC1C(=O)Nc1ccc(C)c(Cl)c1. The van der Waals surface area contributed by atoms with Crippen molar-refractivity contribution in [3.05, 3.63) is 28.8 Å². The summed E-state index contributed by atoms with van der Waals surface area (Å²) in [6.45, 7) is 2.43. The molecule has 0 aromatic heterocycles. The molecule has 2 amide bonds. The van der Waals surface area contributed by atoms with Gasteiger partial charge in [-0.15, -0.1) is 0 Å². The molecule has 6 heteroatoms. The molecule has 1 N–H and O–H groups in total. The number of halogens is 1. The van der Waals surface area contributed by atoms with E-state index in [0.717, 1.165) is 12.0 Å². The van der Waals surface area contributed by atoms with Crippen LogP contribution in [-0.4, -0.2) is 36.6 Å². The summed E-state index contributed by atoms with van der Waals surface area (Å²) in [6.07, 6.45) is 0.965. The van der Waals surface area contributed by atoms with Gasteiger partial charge in [0.25, 0.3) is 0 Å². The Kier molecular flexibility index (Phi) is 4.49. The minimum atomic E-state index is -0.484.